The van der Waals surface area contributed by atoms with Crippen molar-refractivity contribution in [3.8, 4) is 0 Å². The Bertz CT molecular complexity index is 262. The number of carbonyl (C=O) groups is 1. The molecule has 0 aromatic rings. The molecule has 4 heteroatoms. The molecule has 0 heterocycles. The molecule has 0 unspecified atom stereocenters. The second kappa shape index (κ2) is 3.98. The number of fused-ring (bicyclic) bond motifs is 1. The maximum Gasteiger partial charge on any atom is 0.332 e. The molecule has 0 aliphatic heterocycles. The van der Waals surface area contributed by atoms with Gasteiger partial charge in [0.1, 0.15) is 0 Å². The van der Waals surface area contributed by atoms with Crippen LogP contribution in [0.25, 0.3) is 0 Å². The predicted molar refractivity (Wildman–Crippen MR) is 54.8 cm³/mol. The summed E-state index contributed by atoms with van der Waals surface area (Å²) in [7, 11) is 0. The number of carbonyl (C=O) groups excluding carboxylic acids is 1. The van der Waals surface area contributed by atoms with E-state index < -0.39 is 6.03 Å². The minimum absolute atomic E-state index is 0.558. The topological polar surface area (TPSA) is 67.5 Å². The predicted octanol–water partition coefficient (Wildman–Crippen LogP) is 1.61. The van der Waals surface area contributed by atoms with Crippen LogP contribution in [0, 0.1) is 11.8 Å². The fourth-order valence-corrected chi connectivity index (χ4v) is 2.82. The summed E-state index contributed by atoms with van der Waals surface area (Å²) in [5, 5.41) is 4.12. The summed E-state index contributed by atoms with van der Waals surface area (Å²) in [6.45, 7) is 0. The summed E-state index contributed by atoms with van der Waals surface area (Å²) in [6.07, 6.45) is 7.46. The summed E-state index contributed by atoms with van der Waals surface area (Å²) in [4.78, 5) is 10.5. The number of nitrogens with two attached hydrogens (primary N) is 1. The van der Waals surface area contributed by atoms with E-state index in [1.54, 1.807) is 0 Å². The summed E-state index contributed by atoms with van der Waals surface area (Å²) < 4.78 is 0. The molecule has 2 rings (SSSR count). The van der Waals surface area contributed by atoms with E-state index in [0.717, 1.165) is 18.1 Å². The van der Waals surface area contributed by atoms with Crippen LogP contribution in [0.1, 0.15) is 38.5 Å². The summed E-state index contributed by atoms with van der Waals surface area (Å²) in [6, 6.07) is -0.558. The zero-order valence-electron chi connectivity index (χ0n) is 8.33. The molecule has 0 spiro atoms. The van der Waals surface area contributed by atoms with Crippen molar-refractivity contribution in [3.63, 3.8) is 0 Å². The molecule has 78 valence electrons. The van der Waals surface area contributed by atoms with E-state index in [4.69, 9.17) is 5.73 Å². The van der Waals surface area contributed by atoms with Gasteiger partial charge < -0.3 is 5.73 Å². The van der Waals surface area contributed by atoms with Gasteiger partial charge in [-0.3, -0.25) is 0 Å². The van der Waals surface area contributed by atoms with Gasteiger partial charge in [0.05, 0.1) is 0 Å². The Morgan fingerprint density at radius 1 is 1.36 bits per heavy atom. The quantitative estimate of drug-likeness (QED) is 0.613. The van der Waals surface area contributed by atoms with Gasteiger partial charge in [0.15, 0.2) is 0 Å². The zero-order valence-corrected chi connectivity index (χ0v) is 8.33. The van der Waals surface area contributed by atoms with E-state index >= 15 is 0 Å². The van der Waals surface area contributed by atoms with Gasteiger partial charge in [-0.05, 0) is 38.0 Å². The van der Waals surface area contributed by atoms with Crippen LogP contribution >= 0.6 is 0 Å². The number of urea groups is 1. The van der Waals surface area contributed by atoms with Crippen molar-refractivity contribution in [2.45, 2.75) is 38.5 Å². The molecule has 0 saturated heterocycles. The van der Waals surface area contributed by atoms with E-state index in [0.29, 0.717) is 5.92 Å². The highest BCUT2D eigenvalue weighted by molar-refractivity contribution is 5.89. The van der Waals surface area contributed by atoms with Crippen molar-refractivity contribution in [2.75, 3.05) is 0 Å². The molecule has 2 saturated carbocycles. The molecular formula is C10H17N3O. The maximum absolute atomic E-state index is 10.5. The molecule has 2 aliphatic carbocycles. The minimum Gasteiger partial charge on any atom is -0.350 e. The molecule has 14 heavy (non-hydrogen) atoms. The molecule has 2 amide bonds. The van der Waals surface area contributed by atoms with Gasteiger partial charge in [-0.2, -0.15) is 5.10 Å². The zero-order chi connectivity index (χ0) is 9.97. The van der Waals surface area contributed by atoms with E-state index in [1.165, 1.54) is 32.1 Å². The Hall–Kier alpha value is -1.06. The third-order valence-corrected chi connectivity index (χ3v) is 3.40. The van der Waals surface area contributed by atoms with Crippen LogP contribution in [0.15, 0.2) is 5.10 Å². The number of hydrogen-bond donors (Lipinski definition) is 2. The van der Waals surface area contributed by atoms with Crippen LogP contribution < -0.4 is 11.2 Å². The fourth-order valence-electron chi connectivity index (χ4n) is 2.82. The van der Waals surface area contributed by atoms with Crippen molar-refractivity contribution in [3.05, 3.63) is 0 Å². The number of nitrogens with one attached hydrogen (secondary N) is 1. The Labute approximate surface area is 83.9 Å². The second-order valence-corrected chi connectivity index (χ2v) is 4.27. The second-order valence-electron chi connectivity index (χ2n) is 4.27. The highest BCUT2D eigenvalue weighted by atomic mass is 16.2. The Morgan fingerprint density at radius 3 is 2.93 bits per heavy atom. The van der Waals surface area contributed by atoms with Crippen molar-refractivity contribution in [1.82, 2.24) is 5.43 Å². The summed E-state index contributed by atoms with van der Waals surface area (Å²) in [5.74, 6) is 1.44. The van der Waals surface area contributed by atoms with Gasteiger partial charge in [0.2, 0.25) is 0 Å². The first kappa shape index (κ1) is 9.49. The Balaban J connectivity index is 2.02. The van der Waals surface area contributed by atoms with Crippen LogP contribution in [-0.4, -0.2) is 11.7 Å². The van der Waals surface area contributed by atoms with Crippen LogP contribution in [0.4, 0.5) is 4.79 Å². The lowest BCUT2D eigenvalue weighted by molar-refractivity contribution is 0.249. The average molecular weight is 195 g/mol. The first-order valence-corrected chi connectivity index (χ1v) is 5.39. The normalized spacial score (nSPS) is 34.1. The molecule has 2 aliphatic rings. The van der Waals surface area contributed by atoms with E-state index in [-0.39, 0.29) is 0 Å². The summed E-state index contributed by atoms with van der Waals surface area (Å²) >= 11 is 0. The molecule has 3 N–H and O–H groups in total. The number of primary amides is 1. The van der Waals surface area contributed by atoms with Crippen LogP contribution in [-0.2, 0) is 0 Å². The lowest BCUT2D eigenvalue weighted by atomic mass is 9.80. The van der Waals surface area contributed by atoms with E-state index in [9.17, 15) is 4.79 Å². The van der Waals surface area contributed by atoms with Crippen molar-refractivity contribution in [1.29, 1.82) is 0 Å². The number of hydrogen-bond acceptors (Lipinski definition) is 2. The Kier molecular flexibility index (Phi) is 2.70. The largest absolute Gasteiger partial charge is 0.350 e. The van der Waals surface area contributed by atoms with Crippen molar-refractivity contribution < 1.29 is 4.79 Å². The van der Waals surface area contributed by atoms with Crippen molar-refractivity contribution in [2.24, 2.45) is 22.7 Å². The monoisotopic (exact) mass is 195 g/mol. The highest BCUT2D eigenvalue weighted by Crippen LogP contribution is 2.40. The minimum atomic E-state index is -0.558. The first-order valence-electron chi connectivity index (χ1n) is 5.39. The van der Waals surface area contributed by atoms with Gasteiger partial charge in [0.25, 0.3) is 0 Å². The number of amides is 2. The number of hydrazone groups is 1. The maximum atomic E-state index is 10.5. The molecule has 2 atom stereocenters. The van der Waals surface area contributed by atoms with E-state index in [2.05, 4.69) is 10.5 Å². The van der Waals surface area contributed by atoms with Crippen LogP contribution in [0.5, 0.6) is 0 Å². The van der Waals surface area contributed by atoms with Crippen LogP contribution in [0.3, 0.4) is 0 Å². The highest BCUT2D eigenvalue weighted by Gasteiger charge is 2.33. The lowest BCUT2D eigenvalue weighted by Crippen LogP contribution is -2.30. The molecule has 0 bridgehead atoms. The summed E-state index contributed by atoms with van der Waals surface area (Å²) in [5.41, 5.74) is 8.51. The average Bonchev–Trinajstić information content (AvgIpc) is 2.62. The third-order valence-electron chi connectivity index (χ3n) is 3.40. The molecule has 2 fully saturated rings. The smallest absolute Gasteiger partial charge is 0.332 e. The van der Waals surface area contributed by atoms with Crippen molar-refractivity contribution >= 4 is 11.7 Å². The third kappa shape index (κ3) is 1.89. The van der Waals surface area contributed by atoms with Gasteiger partial charge in [-0.15, -0.1) is 0 Å². The number of rotatable bonds is 1. The molecule has 0 aromatic heterocycles. The molecule has 0 radical (unpaired) electrons. The molecule has 4 nitrogen and oxygen atoms in total. The molecular weight excluding hydrogens is 178 g/mol. The van der Waals surface area contributed by atoms with Crippen LogP contribution in [0.2, 0.25) is 0 Å². The number of nitrogens with zero attached hydrogens (tertiary/aromatic N) is 1. The van der Waals surface area contributed by atoms with Gasteiger partial charge in [0, 0.05) is 11.6 Å². The van der Waals surface area contributed by atoms with Gasteiger partial charge in [-0.25, -0.2) is 10.2 Å². The first-order chi connectivity index (χ1) is 6.77. The molecule has 0 aromatic carbocycles. The van der Waals surface area contributed by atoms with Gasteiger partial charge >= 0.3 is 6.03 Å². The fraction of sp³-hybridized carbons (Fsp3) is 0.800. The standard InChI is InChI=1S/C10H17N3O/c11-10(14)13-12-9-6-2-4-7-3-1-5-8(7)9/h7-8H,1-6H2,(H3,11,13,14)/b12-9+/t7-,8+/m1/s1. The van der Waals surface area contributed by atoms with E-state index in [1.807, 2.05) is 0 Å². The lowest BCUT2D eigenvalue weighted by Gasteiger charge is -2.26. The SMILES string of the molecule is NC(=O)N/N=C1\CCC[C@H]2CCC[C@H]12. The van der Waals surface area contributed by atoms with Gasteiger partial charge in [-0.1, -0.05) is 6.42 Å². The Morgan fingerprint density at radius 2 is 2.14 bits per heavy atom.